The first-order valence-electron chi connectivity index (χ1n) is 7.21. The number of hydrazone groups is 1. The number of hydrogen-bond donors (Lipinski definition) is 2. The molecule has 114 valence electrons. The summed E-state index contributed by atoms with van der Waals surface area (Å²) in [6.45, 7) is 5.99. The van der Waals surface area contributed by atoms with E-state index in [1.807, 2.05) is 18.2 Å². The zero-order valence-corrected chi connectivity index (χ0v) is 13.0. The highest BCUT2D eigenvalue weighted by molar-refractivity contribution is 6.01. The predicted molar refractivity (Wildman–Crippen MR) is 88.3 cm³/mol. The smallest absolute Gasteiger partial charge is 0.271 e. The molecule has 0 saturated carbocycles. The lowest BCUT2D eigenvalue weighted by molar-refractivity contribution is 0.0955. The summed E-state index contributed by atoms with van der Waals surface area (Å²) in [6.07, 6.45) is 0. The van der Waals surface area contributed by atoms with Gasteiger partial charge in [0.05, 0.1) is 5.71 Å². The van der Waals surface area contributed by atoms with E-state index in [0.29, 0.717) is 17.2 Å². The molecule has 2 aromatic rings. The molecular weight excluding hydrogens is 276 g/mol. The number of phenolic OH excluding ortho intramolecular Hbond substituents is 1. The van der Waals surface area contributed by atoms with Crippen molar-refractivity contribution in [2.75, 3.05) is 0 Å². The zero-order valence-electron chi connectivity index (χ0n) is 13.0. The molecule has 0 radical (unpaired) electrons. The van der Waals surface area contributed by atoms with Gasteiger partial charge in [0, 0.05) is 11.1 Å². The van der Waals surface area contributed by atoms with Gasteiger partial charge in [0.1, 0.15) is 5.75 Å². The minimum Gasteiger partial charge on any atom is -0.508 e. The number of hydrogen-bond acceptors (Lipinski definition) is 3. The Labute approximate surface area is 130 Å². The van der Waals surface area contributed by atoms with Crippen LogP contribution >= 0.6 is 0 Å². The largest absolute Gasteiger partial charge is 0.508 e. The van der Waals surface area contributed by atoms with Gasteiger partial charge in [-0.15, -0.1) is 0 Å². The molecule has 2 N–H and O–H groups in total. The van der Waals surface area contributed by atoms with Crippen molar-refractivity contribution < 1.29 is 9.90 Å². The van der Waals surface area contributed by atoms with E-state index in [1.54, 1.807) is 37.3 Å². The normalized spacial score (nSPS) is 11.5. The van der Waals surface area contributed by atoms with Crippen molar-refractivity contribution in [3.05, 3.63) is 65.2 Å². The van der Waals surface area contributed by atoms with Crippen molar-refractivity contribution in [3.63, 3.8) is 0 Å². The Hall–Kier alpha value is -2.62. The molecule has 0 aromatic heterocycles. The van der Waals surface area contributed by atoms with E-state index in [1.165, 1.54) is 5.56 Å². The minimum absolute atomic E-state index is 0.169. The third-order valence-electron chi connectivity index (χ3n) is 3.43. The summed E-state index contributed by atoms with van der Waals surface area (Å²) in [5, 5.41) is 13.5. The molecule has 0 fully saturated rings. The predicted octanol–water partition coefficient (Wildman–Crippen LogP) is 3.67. The van der Waals surface area contributed by atoms with Gasteiger partial charge in [0.25, 0.3) is 5.91 Å². The fourth-order valence-electron chi connectivity index (χ4n) is 2.01. The third-order valence-corrected chi connectivity index (χ3v) is 3.43. The van der Waals surface area contributed by atoms with E-state index >= 15 is 0 Å². The van der Waals surface area contributed by atoms with Gasteiger partial charge in [-0.2, -0.15) is 5.10 Å². The quantitative estimate of drug-likeness (QED) is 0.668. The van der Waals surface area contributed by atoms with Gasteiger partial charge in [0.15, 0.2) is 0 Å². The van der Waals surface area contributed by atoms with E-state index in [0.717, 1.165) is 5.56 Å². The SMILES string of the molecule is CC(=NNC(=O)c1ccc(C(C)C)cc1)c1cccc(O)c1. The molecular formula is C18H20N2O2. The second-order valence-corrected chi connectivity index (χ2v) is 5.47. The molecule has 0 saturated heterocycles. The Morgan fingerprint density at radius 2 is 1.77 bits per heavy atom. The third kappa shape index (κ3) is 3.95. The molecule has 0 atom stereocenters. The van der Waals surface area contributed by atoms with Crippen molar-refractivity contribution in [1.82, 2.24) is 5.43 Å². The van der Waals surface area contributed by atoms with Crippen LogP contribution in [-0.4, -0.2) is 16.7 Å². The van der Waals surface area contributed by atoms with Crippen molar-refractivity contribution in [3.8, 4) is 5.75 Å². The highest BCUT2D eigenvalue weighted by Gasteiger charge is 2.06. The van der Waals surface area contributed by atoms with Gasteiger partial charge in [-0.25, -0.2) is 5.43 Å². The van der Waals surface area contributed by atoms with Gasteiger partial charge in [-0.3, -0.25) is 4.79 Å². The monoisotopic (exact) mass is 296 g/mol. The second-order valence-electron chi connectivity index (χ2n) is 5.47. The maximum atomic E-state index is 12.1. The highest BCUT2D eigenvalue weighted by Crippen LogP contribution is 2.15. The summed E-state index contributed by atoms with van der Waals surface area (Å²) in [4.78, 5) is 12.1. The van der Waals surface area contributed by atoms with Gasteiger partial charge in [-0.1, -0.05) is 38.1 Å². The molecule has 0 bridgehead atoms. The Morgan fingerprint density at radius 3 is 2.36 bits per heavy atom. The maximum absolute atomic E-state index is 12.1. The summed E-state index contributed by atoms with van der Waals surface area (Å²) in [5.74, 6) is 0.348. The topological polar surface area (TPSA) is 61.7 Å². The molecule has 1 amide bonds. The fourth-order valence-corrected chi connectivity index (χ4v) is 2.01. The van der Waals surface area contributed by atoms with Crippen molar-refractivity contribution in [2.45, 2.75) is 26.7 Å². The summed E-state index contributed by atoms with van der Waals surface area (Å²) in [6, 6.07) is 14.2. The number of nitrogens with one attached hydrogen (secondary N) is 1. The van der Waals surface area contributed by atoms with E-state index in [2.05, 4.69) is 24.4 Å². The summed E-state index contributed by atoms with van der Waals surface area (Å²) in [7, 11) is 0. The van der Waals surface area contributed by atoms with Crippen LogP contribution in [0.15, 0.2) is 53.6 Å². The fraction of sp³-hybridized carbons (Fsp3) is 0.222. The van der Waals surface area contributed by atoms with Crippen LogP contribution in [0.4, 0.5) is 0 Å². The van der Waals surface area contributed by atoms with Crippen LogP contribution in [0.3, 0.4) is 0 Å². The molecule has 0 unspecified atom stereocenters. The van der Waals surface area contributed by atoms with Crippen LogP contribution in [0.2, 0.25) is 0 Å². The van der Waals surface area contributed by atoms with Crippen LogP contribution in [-0.2, 0) is 0 Å². The molecule has 4 heteroatoms. The van der Waals surface area contributed by atoms with E-state index < -0.39 is 0 Å². The molecule has 0 aliphatic rings. The minimum atomic E-state index is -0.255. The number of nitrogens with zero attached hydrogens (tertiary/aromatic N) is 1. The lowest BCUT2D eigenvalue weighted by Crippen LogP contribution is -2.19. The summed E-state index contributed by atoms with van der Waals surface area (Å²) < 4.78 is 0. The van der Waals surface area contributed by atoms with Gasteiger partial charge in [-0.05, 0) is 42.7 Å². The molecule has 0 aliphatic carbocycles. The van der Waals surface area contributed by atoms with Crippen molar-refractivity contribution in [2.24, 2.45) is 5.10 Å². The zero-order chi connectivity index (χ0) is 16.1. The number of benzene rings is 2. The average Bonchev–Trinajstić information content (AvgIpc) is 2.52. The van der Waals surface area contributed by atoms with E-state index in [-0.39, 0.29) is 11.7 Å². The summed E-state index contributed by atoms with van der Waals surface area (Å²) in [5.41, 5.74) is 5.68. The van der Waals surface area contributed by atoms with E-state index in [9.17, 15) is 9.90 Å². The van der Waals surface area contributed by atoms with Crippen LogP contribution < -0.4 is 5.43 Å². The number of aromatic hydroxyl groups is 1. The number of amides is 1. The molecule has 2 aromatic carbocycles. The number of phenols is 1. The summed E-state index contributed by atoms with van der Waals surface area (Å²) >= 11 is 0. The van der Waals surface area contributed by atoms with Crippen LogP contribution in [0.1, 0.15) is 48.2 Å². The van der Waals surface area contributed by atoms with Crippen LogP contribution in [0, 0.1) is 0 Å². The second kappa shape index (κ2) is 6.89. The maximum Gasteiger partial charge on any atom is 0.271 e. The highest BCUT2D eigenvalue weighted by atomic mass is 16.3. The molecule has 4 nitrogen and oxygen atoms in total. The first-order chi connectivity index (χ1) is 10.5. The number of carbonyl (C=O) groups excluding carboxylic acids is 1. The Bertz CT molecular complexity index is 688. The first kappa shape index (κ1) is 15.8. The number of carbonyl (C=O) groups is 1. The number of rotatable bonds is 4. The van der Waals surface area contributed by atoms with Crippen LogP contribution in [0.5, 0.6) is 5.75 Å². The Morgan fingerprint density at radius 1 is 1.09 bits per heavy atom. The van der Waals surface area contributed by atoms with Gasteiger partial charge in [0.2, 0.25) is 0 Å². The van der Waals surface area contributed by atoms with Crippen molar-refractivity contribution >= 4 is 11.6 Å². The standard InChI is InChI=1S/C18H20N2O2/c1-12(2)14-7-9-15(10-8-14)18(22)20-19-13(3)16-5-4-6-17(21)11-16/h4-12,21H,1-3H3,(H,20,22). The van der Waals surface area contributed by atoms with Gasteiger partial charge >= 0.3 is 0 Å². The lowest BCUT2D eigenvalue weighted by Gasteiger charge is -2.06. The van der Waals surface area contributed by atoms with Crippen LogP contribution in [0.25, 0.3) is 0 Å². The molecule has 0 spiro atoms. The molecule has 0 heterocycles. The average molecular weight is 296 g/mol. The molecule has 22 heavy (non-hydrogen) atoms. The van der Waals surface area contributed by atoms with Gasteiger partial charge < -0.3 is 5.11 Å². The Balaban J connectivity index is 2.07. The Kier molecular flexibility index (Phi) is 4.94. The van der Waals surface area contributed by atoms with Crippen molar-refractivity contribution in [1.29, 1.82) is 0 Å². The molecule has 0 aliphatic heterocycles. The lowest BCUT2D eigenvalue weighted by atomic mass is 10.0. The first-order valence-corrected chi connectivity index (χ1v) is 7.21. The van der Waals surface area contributed by atoms with E-state index in [4.69, 9.17) is 0 Å². The molecule has 2 rings (SSSR count).